The first-order valence-corrected chi connectivity index (χ1v) is 7.17. The third-order valence-corrected chi connectivity index (χ3v) is 3.31. The lowest BCUT2D eigenvalue weighted by Gasteiger charge is -2.02. The molecule has 0 atom stereocenters. The fraction of sp³-hybridized carbons (Fsp3) is 0.118. The average molecular weight is 309 g/mol. The van der Waals surface area contributed by atoms with Crippen molar-refractivity contribution in [3.8, 4) is 11.6 Å². The van der Waals surface area contributed by atoms with E-state index in [1.807, 2.05) is 25.1 Å². The lowest BCUT2D eigenvalue weighted by molar-refractivity contribution is 0.0995. The Kier molecular flexibility index (Phi) is 4.05. The van der Waals surface area contributed by atoms with Gasteiger partial charge in [-0.15, -0.1) is 10.2 Å². The number of nitrogens with one attached hydrogen (secondary N) is 1. The van der Waals surface area contributed by atoms with Crippen LogP contribution in [-0.4, -0.2) is 22.6 Å². The van der Waals surface area contributed by atoms with Gasteiger partial charge in [0.05, 0.1) is 12.1 Å². The van der Waals surface area contributed by atoms with Crippen molar-refractivity contribution < 1.29 is 14.6 Å². The molecule has 0 aliphatic heterocycles. The smallest absolute Gasteiger partial charge is 0.295 e. The lowest BCUT2D eigenvalue weighted by Crippen LogP contribution is -1.95. The number of rotatable bonds is 4. The number of aromatic amines is 1. The Hall–Kier alpha value is -3.15. The van der Waals surface area contributed by atoms with E-state index in [1.165, 1.54) is 0 Å². The van der Waals surface area contributed by atoms with Crippen LogP contribution in [0.5, 0.6) is 11.6 Å². The van der Waals surface area contributed by atoms with Gasteiger partial charge in [0, 0.05) is 10.9 Å². The van der Waals surface area contributed by atoms with Gasteiger partial charge in [-0.25, -0.2) is 0 Å². The molecular weight excluding hydrogens is 294 g/mol. The zero-order valence-corrected chi connectivity index (χ0v) is 12.5. The zero-order chi connectivity index (χ0) is 16.2. The van der Waals surface area contributed by atoms with Crippen LogP contribution in [0.3, 0.4) is 0 Å². The summed E-state index contributed by atoms with van der Waals surface area (Å²) < 4.78 is 5.32. The van der Waals surface area contributed by atoms with Crippen molar-refractivity contribution in [2.24, 2.45) is 10.2 Å². The SMILES string of the molecule is CCOc1ccc(C(=O)N=Nc2c(O)[nH]c3ccccc23)cc1. The molecule has 0 fully saturated rings. The van der Waals surface area contributed by atoms with Gasteiger partial charge in [-0.05, 0) is 37.3 Å². The van der Waals surface area contributed by atoms with Crippen molar-refractivity contribution >= 4 is 22.5 Å². The van der Waals surface area contributed by atoms with E-state index >= 15 is 0 Å². The largest absolute Gasteiger partial charge is 0.494 e. The maximum absolute atomic E-state index is 12.1. The maximum atomic E-state index is 12.1. The number of azo groups is 1. The maximum Gasteiger partial charge on any atom is 0.295 e. The number of H-pyrrole nitrogens is 1. The Morgan fingerprint density at radius 2 is 1.91 bits per heavy atom. The highest BCUT2D eigenvalue weighted by molar-refractivity contribution is 5.97. The summed E-state index contributed by atoms with van der Waals surface area (Å²) in [6.45, 7) is 2.45. The van der Waals surface area contributed by atoms with Gasteiger partial charge in [-0.2, -0.15) is 0 Å². The molecule has 2 aromatic carbocycles. The summed E-state index contributed by atoms with van der Waals surface area (Å²) >= 11 is 0. The number of hydrogen-bond acceptors (Lipinski definition) is 4. The molecule has 1 heterocycles. The average Bonchev–Trinajstić information content (AvgIpc) is 2.89. The Bertz CT molecular complexity index is 866. The van der Waals surface area contributed by atoms with Crippen molar-refractivity contribution in [3.63, 3.8) is 0 Å². The van der Waals surface area contributed by atoms with Crippen LogP contribution in [0.4, 0.5) is 5.69 Å². The molecule has 23 heavy (non-hydrogen) atoms. The number of para-hydroxylation sites is 1. The minimum absolute atomic E-state index is 0.116. The predicted molar refractivity (Wildman–Crippen MR) is 86.4 cm³/mol. The summed E-state index contributed by atoms with van der Waals surface area (Å²) in [7, 11) is 0. The summed E-state index contributed by atoms with van der Waals surface area (Å²) in [5, 5.41) is 18.2. The second kappa shape index (κ2) is 6.31. The zero-order valence-electron chi connectivity index (χ0n) is 12.5. The van der Waals surface area contributed by atoms with Crippen LogP contribution in [0.15, 0.2) is 58.8 Å². The predicted octanol–water partition coefficient (Wildman–Crippen LogP) is 4.20. The van der Waals surface area contributed by atoms with E-state index in [4.69, 9.17) is 4.74 Å². The van der Waals surface area contributed by atoms with Gasteiger partial charge in [0.25, 0.3) is 5.91 Å². The molecule has 1 amide bonds. The van der Waals surface area contributed by atoms with Gasteiger partial charge in [0.2, 0.25) is 5.88 Å². The van der Waals surface area contributed by atoms with Crippen molar-refractivity contribution in [2.45, 2.75) is 6.92 Å². The fourth-order valence-electron chi connectivity index (χ4n) is 2.23. The summed E-state index contributed by atoms with van der Waals surface area (Å²) in [6.07, 6.45) is 0. The monoisotopic (exact) mass is 309 g/mol. The normalized spacial score (nSPS) is 11.2. The van der Waals surface area contributed by atoms with Gasteiger partial charge >= 0.3 is 0 Å². The molecule has 3 aromatic rings. The Morgan fingerprint density at radius 1 is 1.17 bits per heavy atom. The summed E-state index contributed by atoms with van der Waals surface area (Å²) in [6, 6.07) is 13.9. The van der Waals surface area contributed by atoms with Gasteiger partial charge in [0.15, 0.2) is 5.69 Å². The molecule has 1 aromatic heterocycles. The number of ether oxygens (including phenoxy) is 1. The summed E-state index contributed by atoms with van der Waals surface area (Å²) in [5.74, 6) is 0.0856. The number of carbonyl (C=O) groups is 1. The molecule has 3 rings (SSSR count). The quantitative estimate of drug-likeness (QED) is 0.708. The van der Waals surface area contributed by atoms with Crippen molar-refractivity contribution in [1.82, 2.24) is 4.98 Å². The molecule has 0 aliphatic carbocycles. The van der Waals surface area contributed by atoms with Crippen LogP contribution in [0.1, 0.15) is 17.3 Å². The van der Waals surface area contributed by atoms with Crippen LogP contribution in [-0.2, 0) is 0 Å². The number of amides is 1. The Balaban J connectivity index is 1.83. The molecule has 0 spiro atoms. The van der Waals surface area contributed by atoms with Gasteiger partial charge in [-0.1, -0.05) is 18.2 Å². The van der Waals surface area contributed by atoms with Crippen LogP contribution >= 0.6 is 0 Å². The number of fused-ring (bicyclic) bond motifs is 1. The van der Waals surface area contributed by atoms with E-state index in [0.717, 1.165) is 5.52 Å². The fourth-order valence-corrected chi connectivity index (χ4v) is 2.23. The topological polar surface area (TPSA) is 87.0 Å². The lowest BCUT2D eigenvalue weighted by atomic mass is 10.2. The summed E-state index contributed by atoms with van der Waals surface area (Å²) in [5.41, 5.74) is 1.38. The minimum Gasteiger partial charge on any atom is -0.494 e. The van der Waals surface area contributed by atoms with Crippen molar-refractivity contribution in [3.05, 3.63) is 54.1 Å². The Morgan fingerprint density at radius 3 is 2.65 bits per heavy atom. The van der Waals surface area contributed by atoms with E-state index in [0.29, 0.717) is 23.3 Å². The molecule has 0 saturated carbocycles. The number of hydrogen-bond donors (Lipinski definition) is 2. The number of carbonyl (C=O) groups excluding carboxylic acids is 1. The van der Waals surface area contributed by atoms with Crippen LogP contribution < -0.4 is 4.74 Å². The van der Waals surface area contributed by atoms with Gasteiger partial charge < -0.3 is 14.8 Å². The molecule has 116 valence electrons. The van der Waals surface area contributed by atoms with Crippen LogP contribution in [0, 0.1) is 0 Å². The molecule has 6 heteroatoms. The molecule has 0 saturated heterocycles. The van der Waals surface area contributed by atoms with E-state index in [2.05, 4.69) is 15.2 Å². The molecule has 0 unspecified atom stereocenters. The second-order valence-electron chi connectivity index (χ2n) is 4.83. The summed E-state index contributed by atoms with van der Waals surface area (Å²) in [4.78, 5) is 14.8. The number of aromatic hydroxyl groups is 1. The van der Waals surface area contributed by atoms with Crippen LogP contribution in [0.2, 0.25) is 0 Å². The standard InChI is InChI=1S/C17H15N3O3/c1-2-23-12-9-7-11(8-10-12)16(21)20-19-15-13-5-3-4-6-14(13)18-17(15)22/h3-10,18,22H,2H2,1H3. The Labute approximate surface area is 132 Å². The third-order valence-electron chi connectivity index (χ3n) is 3.31. The van der Waals surface area contributed by atoms with Gasteiger partial charge in [0.1, 0.15) is 5.75 Å². The first kappa shape index (κ1) is 14.8. The van der Waals surface area contributed by atoms with Crippen LogP contribution in [0.25, 0.3) is 10.9 Å². The molecule has 6 nitrogen and oxygen atoms in total. The second-order valence-corrected chi connectivity index (χ2v) is 4.83. The molecular formula is C17H15N3O3. The number of aromatic nitrogens is 1. The number of benzene rings is 2. The van der Waals surface area contributed by atoms with E-state index < -0.39 is 5.91 Å². The number of nitrogens with zero attached hydrogens (tertiary/aromatic N) is 2. The van der Waals surface area contributed by atoms with E-state index in [1.54, 1.807) is 30.3 Å². The molecule has 0 bridgehead atoms. The van der Waals surface area contributed by atoms with Crippen molar-refractivity contribution in [2.75, 3.05) is 6.61 Å². The third kappa shape index (κ3) is 3.06. The molecule has 0 radical (unpaired) electrons. The van der Waals surface area contributed by atoms with Gasteiger partial charge in [-0.3, -0.25) is 4.79 Å². The minimum atomic E-state index is -0.488. The first-order valence-electron chi connectivity index (χ1n) is 7.17. The molecule has 2 N–H and O–H groups in total. The molecule has 0 aliphatic rings. The highest BCUT2D eigenvalue weighted by atomic mass is 16.5. The highest BCUT2D eigenvalue weighted by Gasteiger charge is 2.11. The highest BCUT2D eigenvalue weighted by Crippen LogP contribution is 2.35. The van der Waals surface area contributed by atoms with Crippen molar-refractivity contribution in [1.29, 1.82) is 0 Å². The first-order chi connectivity index (χ1) is 11.2. The van der Waals surface area contributed by atoms with E-state index in [9.17, 15) is 9.90 Å². The van der Waals surface area contributed by atoms with E-state index in [-0.39, 0.29) is 11.6 Å².